The average molecular weight is 192 g/mol. The fraction of sp³-hybridized carbons (Fsp3) is 0.571. The smallest absolute Gasteiger partial charge is 0.350 e. The molecule has 68 valence electrons. The number of alkyl halides is 1. The highest BCUT2D eigenvalue weighted by Crippen LogP contribution is 2.07. The van der Waals surface area contributed by atoms with Crippen molar-refractivity contribution >= 4 is 29.1 Å². The van der Waals surface area contributed by atoms with Crippen molar-refractivity contribution in [2.75, 3.05) is 5.88 Å². The van der Waals surface area contributed by atoms with Gasteiger partial charge in [0.2, 0.25) is 0 Å². The third-order valence-electron chi connectivity index (χ3n) is 1.51. The van der Waals surface area contributed by atoms with Crippen LogP contribution in [0.4, 0.5) is 0 Å². The summed E-state index contributed by atoms with van der Waals surface area (Å²) in [4.78, 5) is 21.3. The third kappa shape index (κ3) is 2.62. The van der Waals surface area contributed by atoms with E-state index in [2.05, 4.69) is 0 Å². The van der Waals surface area contributed by atoms with Crippen LogP contribution in [0.2, 0.25) is 0 Å². The summed E-state index contributed by atoms with van der Waals surface area (Å²) < 4.78 is 0. The van der Waals surface area contributed by atoms with E-state index in [1.807, 2.05) is 0 Å². The SMILES string of the molecule is CCC(C(=N)C(=O)O)C(=O)CCl. The van der Waals surface area contributed by atoms with E-state index in [4.69, 9.17) is 22.1 Å². The second-order valence-corrected chi connectivity index (χ2v) is 2.55. The zero-order chi connectivity index (χ0) is 9.72. The highest BCUT2D eigenvalue weighted by molar-refractivity contribution is 6.41. The lowest BCUT2D eigenvalue weighted by Crippen LogP contribution is -2.29. The maximum Gasteiger partial charge on any atom is 0.350 e. The zero-order valence-electron chi connectivity index (χ0n) is 6.63. The van der Waals surface area contributed by atoms with E-state index in [0.717, 1.165) is 0 Å². The standard InChI is InChI=1S/C7H10ClNO3/c1-2-4(5(10)3-8)6(9)7(11)12/h4,9H,2-3H2,1H3,(H,11,12). The maximum atomic E-state index is 11.0. The van der Waals surface area contributed by atoms with Gasteiger partial charge in [-0.25, -0.2) is 4.79 Å². The predicted molar refractivity (Wildman–Crippen MR) is 44.9 cm³/mol. The Morgan fingerprint density at radius 3 is 2.33 bits per heavy atom. The number of ketones is 1. The molecule has 0 radical (unpaired) electrons. The number of hydrogen-bond acceptors (Lipinski definition) is 3. The van der Waals surface area contributed by atoms with E-state index >= 15 is 0 Å². The van der Waals surface area contributed by atoms with Crippen molar-refractivity contribution in [1.29, 1.82) is 5.41 Å². The molecule has 0 heterocycles. The molecule has 0 aromatic rings. The Morgan fingerprint density at radius 1 is 1.58 bits per heavy atom. The van der Waals surface area contributed by atoms with Gasteiger partial charge in [-0.1, -0.05) is 6.92 Å². The first kappa shape index (κ1) is 11.1. The molecule has 1 unspecified atom stereocenters. The molecule has 2 N–H and O–H groups in total. The molecule has 0 aliphatic heterocycles. The van der Waals surface area contributed by atoms with Gasteiger partial charge in [0.25, 0.3) is 0 Å². The van der Waals surface area contributed by atoms with Crippen LogP contribution < -0.4 is 0 Å². The predicted octanol–water partition coefficient (Wildman–Crippen LogP) is 0.925. The van der Waals surface area contributed by atoms with Crippen LogP contribution in [0.1, 0.15) is 13.3 Å². The highest BCUT2D eigenvalue weighted by atomic mass is 35.5. The summed E-state index contributed by atoms with van der Waals surface area (Å²) in [5.41, 5.74) is -0.580. The zero-order valence-corrected chi connectivity index (χ0v) is 7.39. The normalized spacial score (nSPS) is 12.2. The van der Waals surface area contributed by atoms with Crippen LogP contribution in [0.3, 0.4) is 0 Å². The van der Waals surface area contributed by atoms with E-state index in [-0.39, 0.29) is 5.88 Å². The molecule has 0 amide bonds. The second-order valence-electron chi connectivity index (χ2n) is 2.28. The number of carboxylic acid groups (broad SMARTS) is 1. The first-order valence-corrected chi connectivity index (χ1v) is 3.98. The number of halogens is 1. The van der Waals surface area contributed by atoms with Crippen LogP contribution in [0.5, 0.6) is 0 Å². The van der Waals surface area contributed by atoms with Crippen molar-refractivity contribution in [1.82, 2.24) is 0 Å². The molecule has 0 aromatic heterocycles. The molecule has 12 heavy (non-hydrogen) atoms. The Morgan fingerprint density at radius 2 is 2.08 bits per heavy atom. The number of rotatable bonds is 5. The minimum Gasteiger partial charge on any atom is -0.477 e. The van der Waals surface area contributed by atoms with E-state index < -0.39 is 23.4 Å². The van der Waals surface area contributed by atoms with Gasteiger partial charge >= 0.3 is 5.97 Å². The van der Waals surface area contributed by atoms with Crippen LogP contribution in [-0.2, 0) is 9.59 Å². The molecule has 0 rings (SSSR count). The number of aliphatic carboxylic acids is 1. The van der Waals surface area contributed by atoms with E-state index in [1.54, 1.807) is 6.92 Å². The fourth-order valence-corrected chi connectivity index (χ4v) is 1.02. The van der Waals surface area contributed by atoms with Crippen molar-refractivity contribution in [3.05, 3.63) is 0 Å². The van der Waals surface area contributed by atoms with Gasteiger partial charge in [0.15, 0.2) is 5.78 Å². The van der Waals surface area contributed by atoms with Gasteiger partial charge in [-0.3, -0.25) is 10.2 Å². The minimum atomic E-state index is -1.36. The van der Waals surface area contributed by atoms with Crippen LogP contribution in [0.25, 0.3) is 0 Å². The Balaban J connectivity index is 4.45. The van der Waals surface area contributed by atoms with Crippen LogP contribution in [0.15, 0.2) is 0 Å². The van der Waals surface area contributed by atoms with Gasteiger partial charge in [0, 0.05) is 0 Å². The van der Waals surface area contributed by atoms with E-state index in [1.165, 1.54) is 0 Å². The van der Waals surface area contributed by atoms with Crippen molar-refractivity contribution in [2.24, 2.45) is 5.92 Å². The second kappa shape index (κ2) is 4.87. The molecule has 0 aliphatic carbocycles. The third-order valence-corrected chi connectivity index (χ3v) is 1.77. The Bertz CT molecular complexity index is 215. The van der Waals surface area contributed by atoms with Gasteiger partial charge in [-0.05, 0) is 6.42 Å². The van der Waals surface area contributed by atoms with E-state index in [0.29, 0.717) is 6.42 Å². The monoisotopic (exact) mass is 191 g/mol. The molecular weight excluding hydrogens is 182 g/mol. The van der Waals surface area contributed by atoms with Crippen molar-refractivity contribution in [3.8, 4) is 0 Å². The van der Waals surface area contributed by atoms with Crippen molar-refractivity contribution in [2.45, 2.75) is 13.3 Å². The van der Waals surface area contributed by atoms with Gasteiger partial charge in [-0.2, -0.15) is 0 Å². The summed E-state index contributed by atoms with van der Waals surface area (Å²) in [5.74, 6) is -2.87. The molecule has 0 bridgehead atoms. The fourth-order valence-electron chi connectivity index (χ4n) is 0.835. The number of nitrogens with one attached hydrogen (secondary N) is 1. The molecule has 0 spiro atoms. The first-order chi connectivity index (χ1) is 5.54. The van der Waals surface area contributed by atoms with Gasteiger partial charge < -0.3 is 5.11 Å². The molecule has 0 aliphatic rings. The topological polar surface area (TPSA) is 78.2 Å². The molecule has 0 saturated heterocycles. The Hall–Kier alpha value is -0.900. The summed E-state index contributed by atoms with van der Waals surface area (Å²) in [5, 5.41) is 15.5. The average Bonchev–Trinajstić information content (AvgIpc) is 2.05. The van der Waals surface area contributed by atoms with Gasteiger partial charge in [0.1, 0.15) is 5.71 Å². The lowest BCUT2D eigenvalue weighted by atomic mass is 9.96. The highest BCUT2D eigenvalue weighted by Gasteiger charge is 2.24. The summed E-state index contributed by atoms with van der Waals surface area (Å²) in [6.07, 6.45) is 0.302. The Kier molecular flexibility index (Phi) is 4.51. The lowest BCUT2D eigenvalue weighted by molar-refractivity contribution is -0.130. The lowest BCUT2D eigenvalue weighted by Gasteiger charge is -2.09. The van der Waals surface area contributed by atoms with Crippen molar-refractivity contribution < 1.29 is 14.7 Å². The van der Waals surface area contributed by atoms with Crippen LogP contribution in [-0.4, -0.2) is 28.5 Å². The molecule has 1 atom stereocenters. The number of carbonyl (C=O) groups is 2. The van der Waals surface area contributed by atoms with Crippen LogP contribution >= 0.6 is 11.6 Å². The van der Waals surface area contributed by atoms with Gasteiger partial charge in [0.05, 0.1) is 11.8 Å². The largest absolute Gasteiger partial charge is 0.477 e. The quantitative estimate of drug-likeness (QED) is 0.501. The minimum absolute atomic E-state index is 0.242. The van der Waals surface area contributed by atoms with E-state index in [9.17, 15) is 9.59 Å². The molecule has 0 aromatic carbocycles. The first-order valence-electron chi connectivity index (χ1n) is 3.45. The van der Waals surface area contributed by atoms with Crippen molar-refractivity contribution in [3.63, 3.8) is 0 Å². The molecule has 5 heteroatoms. The van der Waals surface area contributed by atoms with Crippen LogP contribution in [0, 0.1) is 11.3 Å². The number of carbonyl (C=O) groups excluding carboxylic acids is 1. The molecular formula is C7H10ClNO3. The Labute approximate surface area is 75.0 Å². The molecule has 0 fully saturated rings. The summed E-state index contributed by atoms with van der Waals surface area (Å²) in [7, 11) is 0. The summed E-state index contributed by atoms with van der Waals surface area (Å²) in [6, 6.07) is 0. The van der Waals surface area contributed by atoms with Gasteiger partial charge in [-0.15, -0.1) is 11.6 Å². The maximum absolute atomic E-state index is 11.0. The summed E-state index contributed by atoms with van der Waals surface area (Å²) >= 11 is 5.24. The number of carboxylic acids is 1. The number of Topliss-reactive ketones (excluding diaryl/α,β-unsaturated/α-hetero) is 1. The molecule has 4 nitrogen and oxygen atoms in total. The molecule has 0 saturated carbocycles. The number of hydrogen-bond donors (Lipinski definition) is 2. The summed E-state index contributed by atoms with van der Waals surface area (Å²) in [6.45, 7) is 1.65.